The van der Waals surface area contributed by atoms with Gasteiger partial charge in [0.1, 0.15) is 5.82 Å². The summed E-state index contributed by atoms with van der Waals surface area (Å²) in [6.07, 6.45) is 5.81. The summed E-state index contributed by atoms with van der Waals surface area (Å²) >= 11 is 0. The van der Waals surface area contributed by atoms with Gasteiger partial charge in [0.25, 0.3) is 0 Å². The van der Waals surface area contributed by atoms with E-state index in [1.165, 1.54) is 19.3 Å². The first-order valence-corrected chi connectivity index (χ1v) is 4.80. The average Bonchev–Trinajstić information content (AvgIpc) is 2.88. The Morgan fingerprint density at radius 1 is 1.54 bits per heavy atom. The van der Waals surface area contributed by atoms with Gasteiger partial charge in [-0.25, -0.2) is 4.98 Å². The van der Waals surface area contributed by atoms with E-state index in [4.69, 9.17) is 5.73 Å². The van der Waals surface area contributed by atoms with E-state index in [-0.39, 0.29) is 0 Å². The molecule has 70 valence electrons. The highest BCUT2D eigenvalue weighted by atomic mass is 15.0. The van der Waals surface area contributed by atoms with Gasteiger partial charge in [-0.1, -0.05) is 12.8 Å². The van der Waals surface area contributed by atoms with Crippen molar-refractivity contribution in [1.29, 1.82) is 0 Å². The van der Waals surface area contributed by atoms with E-state index in [0.29, 0.717) is 0 Å². The third-order valence-electron chi connectivity index (χ3n) is 2.34. The summed E-state index contributed by atoms with van der Waals surface area (Å²) in [7, 11) is 0. The lowest BCUT2D eigenvalue weighted by Gasteiger charge is -2.04. The van der Waals surface area contributed by atoms with E-state index in [2.05, 4.69) is 10.3 Å². The van der Waals surface area contributed by atoms with E-state index >= 15 is 0 Å². The Morgan fingerprint density at radius 3 is 3.08 bits per heavy atom. The zero-order valence-electron chi connectivity index (χ0n) is 7.66. The van der Waals surface area contributed by atoms with Crippen molar-refractivity contribution >= 4 is 11.5 Å². The van der Waals surface area contributed by atoms with Crippen LogP contribution in [0.1, 0.15) is 19.3 Å². The predicted molar refractivity (Wildman–Crippen MR) is 54.5 cm³/mol. The standard InChI is InChI=1S/C10H15N3/c11-9-4-6-13-10(7-9)12-5-3-8-1-2-8/h4,6-8H,1-3,5H2,(H3,11,12,13). The molecule has 0 amide bonds. The molecule has 3 heteroatoms. The van der Waals surface area contributed by atoms with Gasteiger partial charge < -0.3 is 11.1 Å². The zero-order chi connectivity index (χ0) is 9.10. The monoisotopic (exact) mass is 177 g/mol. The molecule has 3 nitrogen and oxygen atoms in total. The van der Waals surface area contributed by atoms with Crippen molar-refractivity contribution in [2.75, 3.05) is 17.6 Å². The molecule has 1 aromatic rings. The highest BCUT2D eigenvalue weighted by molar-refractivity contribution is 5.48. The second kappa shape index (κ2) is 3.64. The molecule has 13 heavy (non-hydrogen) atoms. The van der Waals surface area contributed by atoms with Crippen LogP contribution in [0.4, 0.5) is 11.5 Å². The SMILES string of the molecule is Nc1ccnc(NCCC2CC2)c1. The quantitative estimate of drug-likeness (QED) is 0.738. The van der Waals surface area contributed by atoms with Gasteiger partial charge in [0.15, 0.2) is 0 Å². The molecule has 1 saturated carbocycles. The number of rotatable bonds is 4. The maximum atomic E-state index is 5.62. The van der Waals surface area contributed by atoms with Gasteiger partial charge in [-0.2, -0.15) is 0 Å². The predicted octanol–water partition coefficient (Wildman–Crippen LogP) is 1.88. The second-order valence-corrected chi connectivity index (χ2v) is 3.63. The van der Waals surface area contributed by atoms with Crippen LogP contribution in [0.5, 0.6) is 0 Å². The van der Waals surface area contributed by atoms with Crippen LogP contribution in [0.25, 0.3) is 0 Å². The van der Waals surface area contributed by atoms with Crippen LogP contribution in [0.3, 0.4) is 0 Å². The van der Waals surface area contributed by atoms with Crippen molar-refractivity contribution in [3.05, 3.63) is 18.3 Å². The molecule has 0 spiro atoms. The first-order chi connectivity index (χ1) is 6.34. The number of hydrogen-bond donors (Lipinski definition) is 2. The number of nitrogens with zero attached hydrogens (tertiary/aromatic N) is 1. The number of nitrogens with two attached hydrogens (primary N) is 1. The van der Waals surface area contributed by atoms with E-state index in [9.17, 15) is 0 Å². The minimum atomic E-state index is 0.768. The number of aromatic nitrogens is 1. The first kappa shape index (κ1) is 8.35. The molecule has 0 atom stereocenters. The van der Waals surface area contributed by atoms with Crippen molar-refractivity contribution in [1.82, 2.24) is 4.98 Å². The molecule has 1 aliphatic rings. The van der Waals surface area contributed by atoms with Crippen LogP contribution in [0, 0.1) is 5.92 Å². The molecular formula is C10H15N3. The molecule has 1 aliphatic carbocycles. The van der Waals surface area contributed by atoms with Gasteiger partial charge in [-0.05, 0) is 18.4 Å². The number of nitrogens with one attached hydrogen (secondary N) is 1. The van der Waals surface area contributed by atoms with Crippen molar-refractivity contribution in [2.45, 2.75) is 19.3 Å². The van der Waals surface area contributed by atoms with Crippen molar-refractivity contribution in [3.8, 4) is 0 Å². The van der Waals surface area contributed by atoms with Crippen LogP contribution >= 0.6 is 0 Å². The molecule has 0 radical (unpaired) electrons. The minimum Gasteiger partial charge on any atom is -0.399 e. The van der Waals surface area contributed by atoms with Crippen LogP contribution in [0.15, 0.2) is 18.3 Å². The molecule has 0 aromatic carbocycles. The summed E-state index contributed by atoms with van der Waals surface area (Å²) in [5.41, 5.74) is 6.39. The molecule has 0 unspecified atom stereocenters. The van der Waals surface area contributed by atoms with Crippen LogP contribution in [-0.4, -0.2) is 11.5 Å². The van der Waals surface area contributed by atoms with E-state index in [1.54, 1.807) is 12.3 Å². The van der Waals surface area contributed by atoms with Gasteiger partial charge in [0.2, 0.25) is 0 Å². The van der Waals surface area contributed by atoms with Gasteiger partial charge in [-0.15, -0.1) is 0 Å². The summed E-state index contributed by atoms with van der Waals surface area (Å²) in [6.45, 7) is 1.02. The van der Waals surface area contributed by atoms with Crippen LogP contribution in [0.2, 0.25) is 0 Å². The van der Waals surface area contributed by atoms with Crippen molar-refractivity contribution in [3.63, 3.8) is 0 Å². The minimum absolute atomic E-state index is 0.768. The van der Waals surface area contributed by atoms with Gasteiger partial charge in [0.05, 0.1) is 0 Å². The average molecular weight is 177 g/mol. The normalized spacial score (nSPS) is 15.7. The molecule has 0 saturated heterocycles. The third-order valence-corrected chi connectivity index (χ3v) is 2.34. The number of pyridine rings is 1. The van der Waals surface area contributed by atoms with Crippen molar-refractivity contribution < 1.29 is 0 Å². The number of nitrogen functional groups attached to an aromatic ring is 1. The molecule has 0 bridgehead atoms. The molecular weight excluding hydrogens is 162 g/mol. The Labute approximate surface area is 78.4 Å². The lowest BCUT2D eigenvalue weighted by Crippen LogP contribution is -2.04. The fraction of sp³-hybridized carbons (Fsp3) is 0.500. The van der Waals surface area contributed by atoms with E-state index < -0.39 is 0 Å². The molecule has 1 aromatic heterocycles. The van der Waals surface area contributed by atoms with Gasteiger partial charge >= 0.3 is 0 Å². The molecule has 0 aliphatic heterocycles. The fourth-order valence-electron chi connectivity index (χ4n) is 1.35. The lowest BCUT2D eigenvalue weighted by molar-refractivity contribution is 0.758. The highest BCUT2D eigenvalue weighted by Gasteiger charge is 2.20. The van der Waals surface area contributed by atoms with Crippen molar-refractivity contribution in [2.24, 2.45) is 5.92 Å². The maximum absolute atomic E-state index is 5.62. The van der Waals surface area contributed by atoms with Gasteiger partial charge in [-0.3, -0.25) is 0 Å². The summed E-state index contributed by atoms with van der Waals surface area (Å²) < 4.78 is 0. The first-order valence-electron chi connectivity index (χ1n) is 4.80. The topological polar surface area (TPSA) is 50.9 Å². The summed E-state index contributed by atoms with van der Waals surface area (Å²) in [5.74, 6) is 1.86. The number of anilines is 2. The summed E-state index contributed by atoms with van der Waals surface area (Å²) in [6, 6.07) is 3.67. The van der Waals surface area contributed by atoms with Gasteiger partial charge in [0, 0.05) is 24.5 Å². The molecule has 1 fully saturated rings. The highest BCUT2D eigenvalue weighted by Crippen LogP contribution is 2.31. The Morgan fingerprint density at radius 2 is 2.38 bits per heavy atom. The number of hydrogen-bond acceptors (Lipinski definition) is 3. The lowest BCUT2D eigenvalue weighted by atomic mass is 10.3. The molecule has 3 N–H and O–H groups in total. The van der Waals surface area contributed by atoms with E-state index in [0.717, 1.165) is 24.0 Å². The largest absolute Gasteiger partial charge is 0.399 e. The van der Waals surface area contributed by atoms with Crippen LogP contribution < -0.4 is 11.1 Å². The third kappa shape index (κ3) is 2.61. The Bertz CT molecular complexity index is 281. The Balaban J connectivity index is 1.79. The second-order valence-electron chi connectivity index (χ2n) is 3.63. The Kier molecular flexibility index (Phi) is 2.34. The van der Waals surface area contributed by atoms with E-state index in [1.807, 2.05) is 6.07 Å². The van der Waals surface area contributed by atoms with Crippen LogP contribution in [-0.2, 0) is 0 Å². The molecule has 2 rings (SSSR count). The summed E-state index contributed by atoms with van der Waals surface area (Å²) in [5, 5.41) is 3.27. The maximum Gasteiger partial charge on any atom is 0.127 e. The summed E-state index contributed by atoms with van der Waals surface area (Å²) in [4.78, 5) is 4.17. The zero-order valence-corrected chi connectivity index (χ0v) is 7.66. The fourth-order valence-corrected chi connectivity index (χ4v) is 1.35. The Hall–Kier alpha value is -1.25. The molecule has 1 heterocycles. The smallest absolute Gasteiger partial charge is 0.127 e.